The Morgan fingerprint density at radius 1 is 1.24 bits per heavy atom. The van der Waals surface area contributed by atoms with Crippen LogP contribution in [0, 0.1) is 0 Å². The molecule has 0 bridgehead atoms. The highest BCUT2D eigenvalue weighted by Gasteiger charge is 2.08. The highest BCUT2D eigenvalue weighted by molar-refractivity contribution is 5.76. The average Bonchev–Trinajstić information content (AvgIpc) is 2.83. The number of benzene rings is 1. The number of hydrogen-bond acceptors (Lipinski definition) is 3. The highest BCUT2D eigenvalue weighted by Crippen LogP contribution is 2.16. The van der Waals surface area contributed by atoms with Gasteiger partial charge in [0.25, 0.3) is 0 Å². The van der Waals surface area contributed by atoms with Crippen LogP contribution >= 0.6 is 0 Å². The zero-order valence-electron chi connectivity index (χ0n) is 12.5. The van der Waals surface area contributed by atoms with Gasteiger partial charge in [-0.05, 0) is 31.0 Å². The maximum absolute atomic E-state index is 11.5. The third-order valence-electron chi connectivity index (χ3n) is 3.41. The molecule has 4 N–H and O–H groups in total. The van der Waals surface area contributed by atoms with E-state index in [1.165, 1.54) is 0 Å². The lowest BCUT2D eigenvalue weighted by Crippen LogP contribution is -2.29. The van der Waals surface area contributed by atoms with Crippen molar-refractivity contribution in [3.8, 4) is 0 Å². The lowest BCUT2D eigenvalue weighted by Gasteiger charge is -2.14. The molecule has 1 aromatic carbocycles. The van der Waals surface area contributed by atoms with Gasteiger partial charge in [0.05, 0.1) is 11.0 Å². The van der Waals surface area contributed by atoms with Gasteiger partial charge in [0.1, 0.15) is 0 Å². The van der Waals surface area contributed by atoms with Crippen LogP contribution in [-0.4, -0.2) is 29.0 Å². The Bertz CT molecular complexity index is 659. The van der Waals surface area contributed by atoms with Gasteiger partial charge in [-0.15, -0.1) is 0 Å². The molecule has 0 aliphatic heterocycles. The molecule has 21 heavy (non-hydrogen) atoms. The number of amides is 1. The van der Waals surface area contributed by atoms with Crippen LogP contribution in [0.3, 0.4) is 0 Å². The summed E-state index contributed by atoms with van der Waals surface area (Å²) in [5.74, 6) is 0.0713. The Kier molecular flexibility index (Phi) is 5.16. The van der Waals surface area contributed by atoms with Crippen LogP contribution in [-0.2, 0) is 4.79 Å². The molecule has 0 aliphatic rings. The molecular weight excluding hydrogens is 268 g/mol. The smallest absolute Gasteiger partial charge is 0.323 e. The average molecular weight is 290 g/mol. The van der Waals surface area contributed by atoms with Crippen molar-refractivity contribution in [2.45, 2.75) is 32.7 Å². The van der Waals surface area contributed by atoms with Crippen molar-refractivity contribution in [1.29, 1.82) is 0 Å². The number of carbonyl (C=O) groups is 1. The van der Waals surface area contributed by atoms with E-state index in [-0.39, 0.29) is 17.6 Å². The Balaban J connectivity index is 1.88. The number of H-pyrrole nitrogens is 2. The van der Waals surface area contributed by atoms with Gasteiger partial charge in [0, 0.05) is 25.6 Å². The molecule has 1 amide bonds. The maximum Gasteiger partial charge on any atom is 0.323 e. The highest BCUT2D eigenvalue weighted by atomic mass is 16.1. The number of imidazole rings is 1. The predicted molar refractivity (Wildman–Crippen MR) is 83.3 cm³/mol. The molecule has 0 spiro atoms. The van der Waals surface area contributed by atoms with Gasteiger partial charge >= 0.3 is 5.69 Å². The fourth-order valence-corrected chi connectivity index (χ4v) is 2.19. The molecule has 1 aromatic heterocycles. The topological polar surface area (TPSA) is 89.8 Å². The van der Waals surface area contributed by atoms with Crippen LogP contribution in [0.15, 0.2) is 23.0 Å². The lowest BCUT2D eigenvalue weighted by molar-refractivity contribution is -0.121. The number of aromatic amines is 2. The van der Waals surface area contributed by atoms with Crippen molar-refractivity contribution in [3.05, 3.63) is 34.2 Å². The molecule has 0 saturated carbocycles. The van der Waals surface area contributed by atoms with Gasteiger partial charge < -0.3 is 20.6 Å². The van der Waals surface area contributed by atoms with Gasteiger partial charge in [0.15, 0.2) is 0 Å². The lowest BCUT2D eigenvalue weighted by atomic mass is 10.1. The van der Waals surface area contributed by atoms with E-state index in [0.29, 0.717) is 13.0 Å². The Morgan fingerprint density at radius 3 is 2.76 bits per heavy atom. The van der Waals surface area contributed by atoms with Crippen LogP contribution in [0.25, 0.3) is 11.0 Å². The van der Waals surface area contributed by atoms with E-state index in [1.54, 1.807) is 0 Å². The van der Waals surface area contributed by atoms with Crippen molar-refractivity contribution in [2.24, 2.45) is 0 Å². The second-order valence-electron chi connectivity index (χ2n) is 5.16. The summed E-state index contributed by atoms with van der Waals surface area (Å²) in [4.78, 5) is 28.2. The number of carbonyl (C=O) groups excluding carboxylic acids is 1. The van der Waals surface area contributed by atoms with Crippen molar-refractivity contribution in [1.82, 2.24) is 20.6 Å². The minimum Gasteiger partial charge on any atom is -0.356 e. The first-order chi connectivity index (χ1) is 10.1. The van der Waals surface area contributed by atoms with Crippen molar-refractivity contribution in [3.63, 3.8) is 0 Å². The normalized spacial score (nSPS) is 12.5. The van der Waals surface area contributed by atoms with Crippen LogP contribution in [0.4, 0.5) is 0 Å². The summed E-state index contributed by atoms with van der Waals surface area (Å²) in [5, 5.41) is 6.16. The summed E-state index contributed by atoms with van der Waals surface area (Å²) < 4.78 is 0. The van der Waals surface area contributed by atoms with Crippen LogP contribution in [0.5, 0.6) is 0 Å². The quantitative estimate of drug-likeness (QED) is 0.622. The predicted octanol–water partition coefficient (Wildman–Crippen LogP) is 1.42. The molecule has 0 saturated heterocycles. The third kappa shape index (κ3) is 4.19. The van der Waals surface area contributed by atoms with Gasteiger partial charge in [0.2, 0.25) is 5.91 Å². The van der Waals surface area contributed by atoms with Crippen molar-refractivity contribution < 1.29 is 4.79 Å². The summed E-state index contributed by atoms with van der Waals surface area (Å²) in [6, 6.07) is 5.92. The number of fused-ring (bicyclic) bond motifs is 1. The first-order valence-electron chi connectivity index (χ1n) is 7.32. The van der Waals surface area contributed by atoms with Gasteiger partial charge in [-0.25, -0.2) is 4.79 Å². The second-order valence-corrected chi connectivity index (χ2v) is 5.16. The van der Waals surface area contributed by atoms with E-state index in [2.05, 4.69) is 20.6 Å². The van der Waals surface area contributed by atoms with Gasteiger partial charge in [-0.2, -0.15) is 0 Å². The van der Waals surface area contributed by atoms with Crippen molar-refractivity contribution >= 4 is 16.9 Å². The number of rotatable bonds is 7. The van der Waals surface area contributed by atoms with E-state index in [0.717, 1.165) is 29.6 Å². The van der Waals surface area contributed by atoms with Crippen LogP contribution < -0.4 is 16.3 Å². The zero-order valence-corrected chi connectivity index (χ0v) is 12.5. The fourth-order valence-electron chi connectivity index (χ4n) is 2.19. The molecule has 1 atom stereocenters. The molecular formula is C15H22N4O2. The molecule has 1 unspecified atom stereocenters. The molecule has 0 radical (unpaired) electrons. The SMILES string of the molecule is CCCNC(=O)CCNC(C)c1ccc2[nH]c(=O)[nH]c2c1. The Labute approximate surface area is 123 Å². The summed E-state index contributed by atoms with van der Waals surface area (Å²) in [5.41, 5.74) is 2.48. The van der Waals surface area contributed by atoms with Crippen molar-refractivity contribution in [2.75, 3.05) is 13.1 Å². The van der Waals surface area contributed by atoms with Crippen LogP contribution in [0.1, 0.15) is 38.3 Å². The minimum atomic E-state index is -0.199. The third-order valence-corrected chi connectivity index (χ3v) is 3.41. The zero-order chi connectivity index (χ0) is 15.2. The molecule has 2 rings (SSSR count). The van der Waals surface area contributed by atoms with E-state index >= 15 is 0 Å². The molecule has 2 aromatic rings. The summed E-state index contributed by atoms with van der Waals surface area (Å²) >= 11 is 0. The molecule has 6 nitrogen and oxygen atoms in total. The molecule has 0 aliphatic carbocycles. The second kappa shape index (κ2) is 7.08. The number of hydrogen-bond donors (Lipinski definition) is 4. The monoisotopic (exact) mass is 290 g/mol. The van der Waals surface area contributed by atoms with E-state index in [4.69, 9.17) is 0 Å². The summed E-state index contributed by atoms with van der Waals surface area (Å²) in [6.07, 6.45) is 1.41. The molecule has 6 heteroatoms. The molecule has 114 valence electrons. The largest absolute Gasteiger partial charge is 0.356 e. The Hall–Kier alpha value is -2.08. The van der Waals surface area contributed by atoms with Crippen LogP contribution in [0.2, 0.25) is 0 Å². The standard InChI is InChI=1S/C15H22N4O2/c1-3-7-17-14(20)6-8-16-10(2)11-4-5-12-13(9-11)19-15(21)18-12/h4-5,9-10,16H,3,6-8H2,1-2H3,(H,17,20)(H2,18,19,21). The van der Waals surface area contributed by atoms with Gasteiger partial charge in [-0.3, -0.25) is 4.79 Å². The Morgan fingerprint density at radius 2 is 2.00 bits per heavy atom. The summed E-state index contributed by atoms with van der Waals surface area (Å²) in [7, 11) is 0. The van der Waals surface area contributed by atoms with E-state index in [1.807, 2.05) is 32.0 Å². The molecule has 0 fully saturated rings. The van der Waals surface area contributed by atoms with E-state index < -0.39 is 0 Å². The number of aromatic nitrogens is 2. The maximum atomic E-state index is 11.5. The minimum absolute atomic E-state index is 0.0713. The fraction of sp³-hybridized carbons (Fsp3) is 0.467. The first-order valence-corrected chi connectivity index (χ1v) is 7.32. The molecule has 1 heterocycles. The van der Waals surface area contributed by atoms with Gasteiger partial charge in [-0.1, -0.05) is 13.0 Å². The first kappa shape index (κ1) is 15.3. The van der Waals surface area contributed by atoms with E-state index in [9.17, 15) is 9.59 Å². The number of nitrogens with one attached hydrogen (secondary N) is 4. The summed E-state index contributed by atoms with van der Waals surface area (Å²) in [6.45, 7) is 5.42.